The van der Waals surface area contributed by atoms with Crippen molar-refractivity contribution >= 4 is 21.6 Å². The van der Waals surface area contributed by atoms with Crippen molar-refractivity contribution < 1.29 is 0 Å². The molecule has 1 fully saturated rings. The zero-order valence-corrected chi connectivity index (χ0v) is 11.8. The number of nitrogens with one attached hydrogen (secondary N) is 1. The molecule has 1 aromatic heterocycles. The Morgan fingerprint density at radius 1 is 1.50 bits per heavy atom. The third-order valence-corrected chi connectivity index (χ3v) is 4.35. The second-order valence-electron chi connectivity index (χ2n) is 5.13. The second kappa shape index (κ2) is 4.96. The highest BCUT2D eigenvalue weighted by Gasteiger charge is 2.15. The molecule has 96 valence electrons. The van der Waals surface area contributed by atoms with Gasteiger partial charge in [-0.2, -0.15) is 0 Å². The van der Waals surface area contributed by atoms with Crippen LogP contribution in [0.2, 0.25) is 0 Å². The Labute approximate surface area is 112 Å². The summed E-state index contributed by atoms with van der Waals surface area (Å²) in [6.45, 7) is 8.76. The van der Waals surface area contributed by atoms with E-state index in [1.807, 2.05) is 0 Å². The number of fused-ring (bicyclic) bond motifs is 1. The Morgan fingerprint density at radius 3 is 3.22 bits per heavy atom. The SMILES string of the molecule is Cc1nc2ccc(CN3CCN[C@@H](C)C3)cc2s1. The van der Waals surface area contributed by atoms with Crippen LogP contribution < -0.4 is 5.32 Å². The Bertz CT molecular complexity index is 549. The fourth-order valence-corrected chi connectivity index (χ4v) is 3.49. The highest BCUT2D eigenvalue weighted by molar-refractivity contribution is 7.18. The zero-order chi connectivity index (χ0) is 12.5. The first kappa shape index (κ1) is 12.1. The van der Waals surface area contributed by atoms with E-state index in [0.29, 0.717) is 6.04 Å². The average Bonchev–Trinajstić information content (AvgIpc) is 2.68. The van der Waals surface area contributed by atoms with Gasteiger partial charge in [0.25, 0.3) is 0 Å². The lowest BCUT2D eigenvalue weighted by molar-refractivity contribution is 0.200. The molecular formula is C14H19N3S. The molecule has 1 aliphatic rings. The summed E-state index contributed by atoms with van der Waals surface area (Å²) in [6.07, 6.45) is 0. The van der Waals surface area contributed by atoms with E-state index in [1.54, 1.807) is 11.3 Å². The van der Waals surface area contributed by atoms with Gasteiger partial charge in [0, 0.05) is 32.2 Å². The van der Waals surface area contributed by atoms with Gasteiger partial charge in [-0.25, -0.2) is 4.98 Å². The van der Waals surface area contributed by atoms with Crippen molar-refractivity contribution in [3.63, 3.8) is 0 Å². The van der Waals surface area contributed by atoms with Gasteiger partial charge in [-0.05, 0) is 31.5 Å². The largest absolute Gasteiger partial charge is 0.312 e. The topological polar surface area (TPSA) is 28.2 Å². The molecule has 3 rings (SSSR count). The molecule has 0 aliphatic carbocycles. The van der Waals surface area contributed by atoms with Gasteiger partial charge in [-0.15, -0.1) is 11.3 Å². The molecule has 0 spiro atoms. The molecule has 0 saturated carbocycles. The Morgan fingerprint density at radius 2 is 2.39 bits per heavy atom. The van der Waals surface area contributed by atoms with Crippen molar-refractivity contribution in [3.05, 3.63) is 28.8 Å². The molecule has 1 N–H and O–H groups in total. The molecule has 0 unspecified atom stereocenters. The van der Waals surface area contributed by atoms with Crippen LogP contribution in [0.25, 0.3) is 10.2 Å². The van der Waals surface area contributed by atoms with Crippen molar-refractivity contribution in [2.24, 2.45) is 0 Å². The van der Waals surface area contributed by atoms with Gasteiger partial charge in [-0.3, -0.25) is 4.90 Å². The van der Waals surface area contributed by atoms with Gasteiger partial charge >= 0.3 is 0 Å². The summed E-state index contributed by atoms with van der Waals surface area (Å²) in [5, 5.41) is 4.63. The number of rotatable bonds is 2. The van der Waals surface area contributed by atoms with Crippen molar-refractivity contribution in [1.82, 2.24) is 15.2 Å². The van der Waals surface area contributed by atoms with Crippen molar-refractivity contribution in [2.45, 2.75) is 26.4 Å². The standard InChI is InChI=1S/C14H19N3S/c1-10-8-17(6-5-15-10)9-12-3-4-13-14(7-12)18-11(2)16-13/h3-4,7,10,15H,5-6,8-9H2,1-2H3/t10-/m0/s1. The number of nitrogens with zero attached hydrogens (tertiary/aromatic N) is 2. The summed E-state index contributed by atoms with van der Waals surface area (Å²) in [5.74, 6) is 0. The highest BCUT2D eigenvalue weighted by Crippen LogP contribution is 2.23. The van der Waals surface area contributed by atoms with Gasteiger partial charge < -0.3 is 5.32 Å². The quantitative estimate of drug-likeness (QED) is 0.900. The first-order chi connectivity index (χ1) is 8.70. The fourth-order valence-electron chi connectivity index (χ4n) is 2.60. The summed E-state index contributed by atoms with van der Waals surface area (Å²) in [5.41, 5.74) is 2.54. The molecule has 18 heavy (non-hydrogen) atoms. The van der Waals surface area contributed by atoms with Crippen molar-refractivity contribution in [3.8, 4) is 0 Å². The van der Waals surface area contributed by atoms with Gasteiger partial charge in [0.1, 0.15) is 0 Å². The van der Waals surface area contributed by atoms with Crippen LogP contribution in [-0.2, 0) is 6.54 Å². The number of hydrogen-bond donors (Lipinski definition) is 1. The second-order valence-corrected chi connectivity index (χ2v) is 6.36. The molecule has 1 saturated heterocycles. The lowest BCUT2D eigenvalue weighted by Gasteiger charge is -2.31. The van der Waals surface area contributed by atoms with Gasteiger partial charge in [0.05, 0.1) is 15.2 Å². The van der Waals surface area contributed by atoms with E-state index in [1.165, 1.54) is 10.3 Å². The van der Waals surface area contributed by atoms with E-state index < -0.39 is 0 Å². The van der Waals surface area contributed by atoms with E-state index in [0.717, 1.165) is 36.7 Å². The highest BCUT2D eigenvalue weighted by atomic mass is 32.1. The summed E-state index contributed by atoms with van der Waals surface area (Å²) in [6, 6.07) is 7.27. The van der Waals surface area contributed by atoms with Crippen LogP contribution in [0.3, 0.4) is 0 Å². The van der Waals surface area contributed by atoms with E-state index in [4.69, 9.17) is 0 Å². The van der Waals surface area contributed by atoms with Crippen LogP contribution in [0.1, 0.15) is 17.5 Å². The summed E-state index contributed by atoms with van der Waals surface area (Å²) in [4.78, 5) is 7.03. The van der Waals surface area contributed by atoms with Crippen LogP contribution in [0.4, 0.5) is 0 Å². The summed E-state index contributed by atoms with van der Waals surface area (Å²) in [7, 11) is 0. The molecule has 2 aromatic rings. The number of thiazole rings is 1. The molecule has 2 heterocycles. The number of hydrogen-bond acceptors (Lipinski definition) is 4. The minimum absolute atomic E-state index is 0.605. The molecule has 4 heteroatoms. The number of aryl methyl sites for hydroxylation is 1. The number of benzene rings is 1. The van der Waals surface area contributed by atoms with Crippen molar-refractivity contribution in [2.75, 3.05) is 19.6 Å². The molecular weight excluding hydrogens is 242 g/mol. The zero-order valence-electron chi connectivity index (χ0n) is 10.9. The lowest BCUT2D eigenvalue weighted by atomic mass is 10.1. The predicted molar refractivity (Wildman–Crippen MR) is 77.1 cm³/mol. The predicted octanol–water partition coefficient (Wildman–Crippen LogP) is 2.40. The van der Waals surface area contributed by atoms with Crippen molar-refractivity contribution in [1.29, 1.82) is 0 Å². The normalized spacial score (nSPS) is 21.6. The molecule has 0 bridgehead atoms. The van der Waals surface area contributed by atoms with Crippen LogP contribution >= 0.6 is 11.3 Å². The maximum Gasteiger partial charge on any atom is 0.0907 e. The molecule has 0 radical (unpaired) electrons. The lowest BCUT2D eigenvalue weighted by Crippen LogP contribution is -2.48. The van der Waals surface area contributed by atoms with E-state index in [-0.39, 0.29) is 0 Å². The maximum atomic E-state index is 4.51. The number of piperazine rings is 1. The monoisotopic (exact) mass is 261 g/mol. The average molecular weight is 261 g/mol. The van der Waals surface area contributed by atoms with E-state index in [9.17, 15) is 0 Å². The minimum atomic E-state index is 0.605. The third-order valence-electron chi connectivity index (χ3n) is 3.42. The molecule has 0 amide bonds. The fraction of sp³-hybridized carbons (Fsp3) is 0.500. The van der Waals surface area contributed by atoms with Crippen LogP contribution in [-0.4, -0.2) is 35.6 Å². The van der Waals surface area contributed by atoms with Crippen LogP contribution in [0, 0.1) is 6.92 Å². The first-order valence-corrected chi connectivity index (χ1v) is 7.34. The van der Waals surface area contributed by atoms with Gasteiger partial charge in [-0.1, -0.05) is 6.07 Å². The van der Waals surface area contributed by atoms with Crippen LogP contribution in [0.5, 0.6) is 0 Å². The Kier molecular flexibility index (Phi) is 3.33. The smallest absolute Gasteiger partial charge is 0.0907 e. The summed E-state index contributed by atoms with van der Waals surface area (Å²) < 4.78 is 1.31. The maximum absolute atomic E-state index is 4.51. The molecule has 1 atom stereocenters. The van der Waals surface area contributed by atoms with E-state index >= 15 is 0 Å². The first-order valence-electron chi connectivity index (χ1n) is 6.52. The summed E-state index contributed by atoms with van der Waals surface area (Å²) >= 11 is 1.79. The molecule has 1 aliphatic heterocycles. The van der Waals surface area contributed by atoms with Crippen LogP contribution in [0.15, 0.2) is 18.2 Å². The third kappa shape index (κ3) is 2.55. The Hall–Kier alpha value is -0.970. The van der Waals surface area contributed by atoms with Gasteiger partial charge in [0.2, 0.25) is 0 Å². The Balaban J connectivity index is 1.77. The molecule has 3 nitrogen and oxygen atoms in total. The number of aromatic nitrogens is 1. The van der Waals surface area contributed by atoms with Gasteiger partial charge in [0.15, 0.2) is 0 Å². The molecule has 1 aromatic carbocycles. The van der Waals surface area contributed by atoms with E-state index in [2.05, 4.69) is 47.2 Å². The minimum Gasteiger partial charge on any atom is -0.312 e.